The number of benzene rings is 3. The van der Waals surface area contributed by atoms with Crippen LogP contribution < -0.4 is 10.6 Å². The van der Waals surface area contributed by atoms with Crippen molar-refractivity contribution in [3.63, 3.8) is 0 Å². The molecule has 4 amide bonds. The average molecular weight is 434 g/mol. The Morgan fingerprint density at radius 3 is 2.19 bits per heavy atom. The molecule has 31 heavy (non-hydrogen) atoms. The molecule has 0 aliphatic carbocycles. The van der Waals surface area contributed by atoms with Gasteiger partial charge in [0, 0.05) is 10.6 Å². The second kappa shape index (κ2) is 9.02. The first-order valence-electron chi connectivity index (χ1n) is 9.79. The van der Waals surface area contributed by atoms with Crippen molar-refractivity contribution in [1.82, 2.24) is 15.5 Å². The largest absolute Gasteiger partial charge is 0.341 e. The summed E-state index contributed by atoms with van der Waals surface area (Å²) in [6.07, 6.45) is 0. The first-order valence-corrected chi connectivity index (χ1v) is 10.2. The number of hydrogen-bond acceptors (Lipinski definition) is 3. The van der Waals surface area contributed by atoms with Crippen LogP contribution >= 0.6 is 11.6 Å². The van der Waals surface area contributed by atoms with Gasteiger partial charge in [-0.2, -0.15) is 0 Å². The molecular formula is C24H20ClN3O3. The molecule has 3 aromatic rings. The van der Waals surface area contributed by atoms with Crippen LogP contribution in [-0.4, -0.2) is 29.3 Å². The molecule has 7 heteroatoms. The van der Waals surface area contributed by atoms with Crippen molar-refractivity contribution in [2.75, 3.05) is 6.54 Å². The zero-order chi connectivity index (χ0) is 21.8. The van der Waals surface area contributed by atoms with Crippen LogP contribution in [0.1, 0.15) is 33.1 Å². The van der Waals surface area contributed by atoms with Crippen LogP contribution in [0.15, 0.2) is 78.9 Å². The van der Waals surface area contributed by atoms with Crippen LogP contribution in [0, 0.1) is 0 Å². The molecule has 0 bridgehead atoms. The van der Waals surface area contributed by atoms with Gasteiger partial charge in [-0.3, -0.25) is 14.5 Å². The molecule has 1 saturated heterocycles. The molecule has 156 valence electrons. The minimum Gasteiger partial charge on any atom is -0.341 e. The summed E-state index contributed by atoms with van der Waals surface area (Å²) in [6, 6.07) is 23.2. The molecule has 0 spiro atoms. The highest BCUT2D eigenvalue weighted by molar-refractivity contribution is 6.30. The summed E-state index contributed by atoms with van der Waals surface area (Å²) in [4.78, 5) is 37.6. The zero-order valence-electron chi connectivity index (χ0n) is 16.5. The molecule has 0 radical (unpaired) electrons. The standard InChI is InChI=1S/C24H20ClN3O3/c25-20-12-10-18(11-13-20)22(17-4-2-1-3-5-17)27-23(30)19-8-6-16(7-9-19)15-28-21(29)14-26-24(28)31/h1-13,22H,14-15H2,(H,26,31)(H,27,30). The maximum Gasteiger partial charge on any atom is 0.324 e. The van der Waals surface area contributed by atoms with Gasteiger partial charge in [-0.25, -0.2) is 4.79 Å². The van der Waals surface area contributed by atoms with E-state index in [0.717, 1.165) is 21.6 Å². The lowest BCUT2D eigenvalue weighted by Crippen LogP contribution is -2.30. The van der Waals surface area contributed by atoms with E-state index in [9.17, 15) is 14.4 Å². The Bertz CT molecular complexity index is 1080. The van der Waals surface area contributed by atoms with Gasteiger partial charge in [0.05, 0.1) is 19.1 Å². The van der Waals surface area contributed by atoms with E-state index < -0.39 is 6.03 Å². The third-order valence-electron chi connectivity index (χ3n) is 5.11. The van der Waals surface area contributed by atoms with Gasteiger partial charge in [-0.15, -0.1) is 0 Å². The van der Waals surface area contributed by atoms with Crippen molar-refractivity contribution in [2.24, 2.45) is 0 Å². The topological polar surface area (TPSA) is 78.5 Å². The number of carbonyl (C=O) groups excluding carboxylic acids is 3. The van der Waals surface area contributed by atoms with Crippen LogP contribution in [0.5, 0.6) is 0 Å². The first kappa shape index (κ1) is 20.6. The van der Waals surface area contributed by atoms with Gasteiger partial charge in [-0.05, 0) is 41.0 Å². The molecule has 4 rings (SSSR count). The second-order valence-electron chi connectivity index (χ2n) is 7.20. The van der Waals surface area contributed by atoms with Crippen molar-refractivity contribution in [1.29, 1.82) is 0 Å². The molecule has 2 N–H and O–H groups in total. The minimum atomic E-state index is -0.402. The first-order chi connectivity index (χ1) is 15.0. The average Bonchev–Trinajstić information content (AvgIpc) is 3.11. The van der Waals surface area contributed by atoms with Gasteiger partial charge in [-0.1, -0.05) is 66.2 Å². The number of nitrogens with zero attached hydrogens (tertiary/aromatic N) is 1. The predicted octanol–water partition coefficient (Wildman–Crippen LogP) is 3.91. The maximum absolute atomic E-state index is 13.0. The summed E-state index contributed by atoms with van der Waals surface area (Å²) in [5, 5.41) is 6.20. The molecule has 6 nitrogen and oxygen atoms in total. The van der Waals surface area contributed by atoms with E-state index in [4.69, 9.17) is 11.6 Å². The highest BCUT2D eigenvalue weighted by atomic mass is 35.5. The third kappa shape index (κ3) is 4.75. The lowest BCUT2D eigenvalue weighted by atomic mass is 9.98. The molecule has 1 aliphatic rings. The number of halogens is 1. The fourth-order valence-electron chi connectivity index (χ4n) is 3.43. The van der Waals surface area contributed by atoms with Crippen molar-refractivity contribution in [2.45, 2.75) is 12.6 Å². The van der Waals surface area contributed by atoms with Crippen molar-refractivity contribution in [3.05, 3.63) is 106 Å². The number of hydrogen-bond donors (Lipinski definition) is 2. The van der Waals surface area contributed by atoms with Crippen LogP contribution in [0.4, 0.5) is 4.79 Å². The fourth-order valence-corrected chi connectivity index (χ4v) is 3.56. The monoisotopic (exact) mass is 433 g/mol. The minimum absolute atomic E-state index is 0.0187. The molecule has 1 atom stereocenters. The van der Waals surface area contributed by atoms with E-state index in [1.165, 1.54) is 0 Å². The summed E-state index contributed by atoms with van der Waals surface area (Å²) in [7, 11) is 0. The fraction of sp³-hybridized carbons (Fsp3) is 0.125. The maximum atomic E-state index is 13.0. The highest BCUT2D eigenvalue weighted by Crippen LogP contribution is 2.24. The summed E-state index contributed by atoms with van der Waals surface area (Å²) in [5.74, 6) is -0.495. The molecule has 0 aromatic heterocycles. The van der Waals surface area contributed by atoms with E-state index in [1.807, 2.05) is 42.5 Å². The Labute approximate surface area is 184 Å². The molecule has 3 aromatic carbocycles. The van der Waals surface area contributed by atoms with Crippen LogP contribution in [0.2, 0.25) is 5.02 Å². The van der Waals surface area contributed by atoms with E-state index in [2.05, 4.69) is 10.6 Å². The van der Waals surface area contributed by atoms with Gasteiger partial charge in [0.25, 0.3) is 5.91 Å². The van der Waals surface area contributed by atoms with Crippen LogP contribution in [0.3, 0.4) is 0 Å². The molecule has 0 saturated carbocycles. The van der Waals surface area contributed by atoms with E-state index >= 15 is 0 Å². The summed E-state index contributed by atoms with van der Waals surface area (Å²) in [5.41, 5.74) is 3.11. The Kier molecular flexibility index (Phi) is 6.00. The Morgan fingerprint density at radius 2 is 1.58 bits per heavy atom. The molecule has 1 heterocycles. The van der Waals surface area contributed by atoms with E-state index in [1.54, 1.807) is 36.4 Å². The summed E-state index contributed by atoms with van der Waals surface area (Å²) in [6.45, 7) is 0.189. The quantitative estimate of drug-likeness (QED) is 0.578. The smallest absolute Gasteiger partial charge is 0.324 e. The number of urea groups is 1. The van der Waals surface area contributed by atoms with Crippen molar-refractivity contribution in [3.8, 4) is 0 Å². The molecule has 1 fully saturated rings. The highest BCUT2D eigenvalue weighted by Gasteiger charge is 2.28. The van der Waals surface area contributed by atoms with Crippen molar-refractivity contribution < 1.29 is 14.4 Å². The van der Waals surface area contributed by atoms with Gasteiger partial charge in [0.1, 0.15) is 0 Å². The predicted molar refractivity (Wildman–Crippen MR) is 118 cm³/mol. The number of amides is 4. The number of carbonyl (C=O) groups is 3. The molecule has 1 unspecified atom stereocenters. The zero-order valence-corrected chi connectivity index (χ0v) is 17.3. The second-order valence-corrected chi connectivity index (χ2v) is 7.64. The normalized spacial score (nSPS) is 14.3. The lowest BCUT2D eigenvalue weighted by molar-refractivity contribution is -0.125. The number of nitrogens with one attached hydrogen (secondary N) is 2. The summed E-state index contributed by atoms with van der Waals surface area (Å²) >= 11 is 6.02. The van der Waals surface area contributed by atoms with Crippen LogP contribution in [-0.2, 0) is 11.3 Å². The Hall–Kier alpha value is -3.64. The van der Waals surface area contributed by atoms with Gasteiger partial charge in [0.2, 0.25) is 5.91 Å². The molecule has 1 aliphatic heterocycles. The third-order valence-corrected chi connectivity index (χ3v) is 5.36. The summed E-state index contributed by atoms with van der Waals surface area (Å²) < 4.78 is 0. The number of imide groups is 1. The SMILES string of the molecule is O=C(NC(c1ccccc1)c1ccc(Cl)cc1)c1ccc(CN2C(=O)CNC2=O)cc1. The lowest BCUT2D eigenvalue weighted by Gasteiger charge is -2.20. The van der Waals surface area contributed by atoms with Gasteiger partial charge in [0.15, 0.2) is 0 Å². The van der Waals surface area contributed by atoms with E-state index in [-0.39, 0.29) is 30.9 Å². The van der Waals surface area contributed by atoms with Gasteiger partial charge < -0.3 is 10.6 Å². The van der Waals surface area contributed by atoms with Crippen molar-refractivity contribution >= 4 is 29.4 Å². The van der Waals surface area contributed by atoms with E-state index in [0.29, 0.717) is 10.6 Å². The Morgan fingerprint density at radius 1 is 0.935 bits per heavy atom. The molecular weight excluding hydrogens is 414 g/mol. The number of rotatable bonds is 6. The van der Waals surface area contributed by atoms with Crippen LogP contribution in [0.25, 0.3) is 0 Å². The Balaban J connectivity index is 1.51. The van der Waals surface area contributed by atoms with Gasteiger partial charge >= 0.3 is 6.03 Å².